The Kier molecular flexibility index (Phi) is 5.15. The summed E-state index contributed by atoms with van der Waals surface area (Å²) in [6, 6.07) is 20.2. The van der Waals surface area contributed by atoms with Gasteiger partial charge in [-0.3, -0.25) is 14.6 Å². The van der Waals surface area contributed by atoms with Crippen molar-refractivity contribution in [1.82, 2.24) is 9.88 Å². The lowest BCUT2D eigenvalue weighted by Gasteiger charge is -2.19. The number of carbonyl (C=O) groups excluding carboxylic acids is 2. The third-order valence-electron chi connectivity index (χ3n) is 4.72. The van der Waals surface area contributed by atoms with Crippen molar-refractivity contribution in [2.45, 2.75) is 13.0 Å². The van der Waals surface area contributed by atoms with E-state index in [4.69, 9.17) is 4.74 Å². The molecular weight excluding hydrogens is 352 g/mol. The van der Waals surface area contributed by atoms with Crippen molar-refractivity contribution in [2.75, 3.05) is 13.2 Å². The van der Waals surface area contributed by atoms with E-state index in [0.29, 0.717) is 36.6 Å². The lowest BCUT2D eigenvalue weighted by molar-refractivity contribution is 0.0740. The highest BCUT2D eigenvalue weighted by Gasteiger charge is 2.24. The van der Waals surface area contributed by atoms with E-state index in [-0.39, 0.29) is 18.1 Å². The monoisotopic (exact) mass is 372 g/mol. The molecule has 5 nitrogen and oxygen atoms in total. The molecule has 0 radical (unpaired) electrons. The van der Waals surface area contributed by atoms with Crippen LogP contribution in [0.2, 0.25) is 0 Å². The Hall–Kier alpha value is -3.47. The van der Waals surface area contributed by atoms with Crippen LogP contribution in [0.3, 0.4) is 0 Å². The molecule has 0 saturated heterocycles. The molecule has 0 atom stereocenters. The van der Waals surface area contributed by atoms with E-state index >= 15 is 0 Å². The molecule has 1 aliphatic rings. The molecule has 0 spiro atoms. The fourth-order valence-electron chi connectivity index (χ4n) is 3.27. The molecular formula is C23H20N2O3. The van der Waals surface area contributed by atoms with Crippen molar-refractivity contribution in [3.8, 4) is 5.75 Å². The average Bonchev–Trinajstić information content (AvgIpc) is 2.89. The molecule has 3 aromatic rings. The van der Waals surface area contributed by atoms with Crippen LogP contribution in [0.1, 0.15) is 32.0 Å². The van der Waals surface area contributed by atoms with E-state index in [2.05, 4.69) is 4.98 Å². The van der Waals surface area contributed by atoms with Gasteiger partial charge < -0.3 is 9.64 Å². The van der Waals surface area contributed by atoms with Gasteiger partial charge in [-0.1, -0.05) is 42.5 Å². The number of hydrogen-bond acceptors (Lipinski definition) is 4. The van der Waals surface area contributed by atoms with Gasteiger partial charge in [0.2, 0.25) is 0 Å². The second-order valence-electron chi connectivity index (χ2n) is 6.69. The number of ketones is 1. The molecule has 2 aromatic carbocycles. The third kappa shape index (κ3) is 3.93. The number of carbonyl (C=O) groups is 2. The fraction of sp³-hybridized carbons (Fsp3) is 0.174. The summed E-state index contributed by atoms with van der Waals surface area (Å²) in [6.45, 7) is 1.34. The number of fused-ring (bicyclic) bond motifs is 1. The summed E-state index contributed by atoms with van der Waals surface area (Å²) in [6.07, 6.45) is 1.96. The Labute approximate surface area is 163 Å². The van der Waals surface area contributed by atoms with Crippen molar-refractivity contribution in [3.63, 3.8) is 0 Å². The number of hydrogen-bond donors (Lipinski definition) is 0. The highest BCUT2D eigenvalue weighted by molar-refractivity contribution is 5.99. The molecule has 4 rings (SSSR count). The number of rotatable bonds is 5. The van der Waals surface area contributed by atoms with E-state index in [9.17, 15) is 9.59 Å². The van der Waals surface area contributed by atoms with Crippen molar-refractivity contribution in [1.29, 1.82) is 0 Å². The maximum absolute atomic E-state index is 13.1. The number of amides is 1. The number of benzene rings is 2. The first kappa shape index (κ1) is 17.9. The minimum absolute atomic E-state index is 0.0212. The van der Waals surface area contributed by atoms with Crippen molar-refractivity contribution >= 4 is 11.7 Å². The smallest absolute Gasteiger partial charge is 0.258 e. The number of Topliss-reactive ketones (excluding diaryl/α,β-unsaturated/α-hetero) is 1. The van der Waals surface area contributed by atoms with Gasteiger partial charge in [0, 0.05) is 18.2 Å². The molecule has 5 heteroatoms. The zero-order valence-electron chi connectivity index (χ0n) is 15.4. The molecule has 0 N–H and O–H groups in total. The number of aromatic nitrogens is 1. The first-order valence-electron chi connectivity index (χ1n) is 9.24. The molecule has 140 valence electrons. The van der Waals surface area contributed by atoms with Crippen molar-refractivity contribution in [2.24, 2.45) is 0 Å². The van der Waals surface area contributed by atoms with Crippen LogP contribution < -0.4 is 4.74 Å². The zero-order valence-corrected chi connectivity index (χ0v) is 15.4. The Bertz CT molecular complexity index is 987. The largest absolute Gasteiger partial charge is 0.491 e. The van der Waals surface area contributed by atoms with Gasteiger partial charge in [-0.2, -0.15) is 0 Å². The summed E-state index contributed by atoms with van der Waals surface area (Å²) in [7, 11) is 0. The number of nitrogens with zero attached hydrogens (tertiary/aromatic N) is 2. The number of pyridine rings is 1. The molecule has 0 unspecified atom stereocenters. The lowest BCUT2D eigenvalue weighted by atomic mass is 10.0. The van der Waals surface area contributed by atoms with E-state index in [0.717, 1.165) is 11.3 Å². The van der Waals surface area contributed by atoms with Gasteiger partial charge in [-0.25, -0.2) is 0 Å². The molecule has 0 bridgehead atoms. The summed E-state index contributed by atoms with van der Waals surface area (Å²) in [5, 5.41) is 0. The highest BCUT2D eigenvalue weighted by Crippen LogP contribution is 2.26. The van der Waals surface area contributed by atoms with Crippen molar-refractivity contribution < 1.29 is 14.3 Å². The van der Waals surface area contributed by atoms with Crippen LogP contribution in [-0.2, 0) is 13.0 Å². The normalized spacial score (nSPS) is 13.4. The molecule has 0 fully saturated rings. The van der Waals surface area contributed by atoms with E-state index in [1.807, 2.05) is 42.5 Å². The van der Waals surface area contributed by atoms with Gasteiger partial charge in [0.15, 0.2) is 5.78 Å². The zero-order chi connectivity index (χ0) is 19.3. The van der Waals surface area contributed by atoms with Crippen LogP contribution in [0, 0.1) is 0 Å². The van der Waals surface area contributed by atoms with Gasteiger partial charge in [-0.05, 0) is 29.8 Å². The maximum atomic E-state index is 13.1. The molecule has 1 aromatic heterocycles. The summed E-state index contributed by atoms with van der Waals surface area (Å²) >= 11 is 0. The Morgan fingerprint density at radius 1 is 1.04 bits per heavy atom. The molecule has 0 aliphatic carbocycles. The second-order valence-corrected chi connectivity index (χ2v) is 6.69. The van der Waals surface area contributed by atoms with Gasteiger partial charge in [0.1, 0.15) is 12.4 Å². The second kappa shape index (κ2) is 8.05. The van der Waals surface area contributed by atoms with Gasteiger partial charge in [0.05, 0.1) is 24.3 Å². The summed E-state index contributed by atoms with van der Waals surface area (Å²) in [5.74, 6) is 0.476. The Morgan fingerprint density at radius 3 is 2.64 bits per heavy atom. The summed E-state index contributed by atoms with van der Waals surface area (Å²) < 4.78 is 5.76. The van der Waals surface area contributed by atoms with E-state index in [1.54, 1.807) is 35.4 Å². The van der Waals surface area contributed by atoms with E-state index < -0.39 is 0 Å². The van der Waals surface area contributed by atoms with Crippen molar-refractivity contribution in [3.05, 3.63) is 95.3 Å². The molecule has 1 amide bonds. The lowest BCUT2D eigenvalue weighted by Crippen LogP contribution is -2.32. The van der Waals surface area contributed by atoms with Gasteiger partial charge >= 0.3 is 0 Å². The first-order chi connectivity index (χ1) is 13.7. The quantitative estimate of drug-likeness (QED) is 0.643. The summed E-state index contributed by atoms with van der Waals surface area (Å²) in [5.41, 5.74) is 2.78. The third-order valence-corrected chi connectivity index (χ3v) is 4.72. The molecule has 1 aliphatic heterocycles. The fourth-order valence-corrected chi connectivity index (χ4v) is 3.27. The highest BCUT2D eigenvalue weighted by atomic mass is 16.5. The Balaban J connectivity index is 1.56. The minimum Gasteiger partial charge on any atom is -0.491 e. The van der Waals surface area contributed by atoms with Crippen LogP contribution in [0.25, 0.3) is 0 Å². The van der Waals surface area contributed by atoms with Crippen LogP contribution in [-0.4, -0.2) is 34.7 Å². The van der Waals surface area contributed by atoms with E-state index in [1.165, 1.54) is 0 Å². The van der Waals surface area contributed by atoms with Crippen LogP contribution >= 0.6 is 0 Å². The average molecular weight is 372 g/mol. The van der Waals surface area contributed by atoms with Crippen LogP contribution in [0.15, 0.2) is 72.9 Å². The minimum atomic E-state index is -0.104. The number of ether oxygens (including phenoxy) is 1. The predicted molar refractivity (Wildman–Crippen MR) is 105 cm³/mol. The molecule has 28 heavy (non-hydrogen) atoms. The Morgan fingerprint density at radius 2 is 1.86 bits per heavy atom. The maximum Gasteiger partial charge on any atom is 0.258 e. The molecule has 0 saturated carbocycles. The predicted octanol–water partition coefficient (Wildman–Crippen LogP) is 3.54. The summed E-state index contributed by atoms with van der Waals surface area (Å²) in [4.78, 5) is 31.6. The van der Waals surface area contributed by atoms with Gasteiger partial charge in [-0.15, -0.1) is 0 Å². The van der Waals surface area contributed by atoms with Crippen LogP contribution in [0.5, 0.6) is 5.75 Å². The standard InChI is InChI=1S/C23H20N2O3/c26-21(18-6-2-1-3-7-18)15-17-9-10-22-20(14-17)23(27)25(12-13-28-22)16-19-8-4-5-11-24-19/h1-11,14H,12-13,15-16H2. The molecule has 2 heterocycles. The van der Waals surface area contributed by atoms with Gasteiger partial charge in [0.25, 0.3) is 5.91 Å². The first-order valence-corrected chi connectivity index (χ1v) is 9.24. The SMILES string of the molecule is O=C(Cc1ccc2c(c1)C(=O)N(Cc1ccccn1)CCO2)c1ccccc1. The van der Waals surface area contributed by atoms with Crippen LogP contribution in [0.4, 0.5) is 0 Å². The topological polar surface area (TPSA) is 59.5 Å².